The van der Waals surface area contributed by atoms with Gasteiger partial charge in [0.2, 0.25) is 11.5 Å². The first-order valence-electron chi connectivity index (χ1n) is 24.3. The zero-order valence-electron chi connectivity index (χ0n) is 44.7. The minimum absolute atomic E-state index is 0.0223. The fourth-order valence-electron chi connectivity index (χ4n) is 9.51. The van der Waals surface area contributed by atoms with E-state index < -0.39 is 12.1 Å². The van der Waals surface area contributed by atoms with Crippen LogP contribution in [0.1, 0.15) is 85.9 Å². The Kier molecular flexibility index (Phi) is 21.8. The first-order valence-corrected chi connectivity index (χ1v) is 28.4. The smallest absolute Gasteiger partial charge is 0.251 e. The summed E-state index contributed by atoms with van der Waals surface area (Å²) in [5.41, 5.74) is 9.34. The van der Waals surface area contributed by atoms with Crippen molar-refractivity contribution in [3.8, 4) is 56.8 Å². The lowest BCUT2D eigenvalue weighted by molar-refractivity contribution is -0.109. The molecule has 6 aromatic rings. The second-order valence-electron chi connectivity index (χ2n) is 17.4. The number of benzene rings is 4. The van der Waals surface area contributed by atoms with Gasteiger partial charge in [0.1, 0.15) is 0 Å². The Balaban J connectivity index is 0.000000242. The molecule has 0 unspecified atom stereocenters. The molecule has 0 saturated heterocycles. The van der Waals surface area contributed by atoms with Crippen molar-refractivity contribution in [3.63, 3.8) is 0 Å². The summed E-state index contributed by atoms with van der Waals surface area (Å²) >= 11 is 8.29. The third kappa shape index (κ3) is 13.6. The number of methoxy groups -OCH3 is 6. The molecular formula is C59H64N2O12S4. The highest BCUT2D eigenvalue weighted by Crippen LogP contribution is 2.52. The number of rotatable bonds is 15. The summed E-state index contributed by atoms with van der Waals surface area (Å²) in [6, 6.07) is 28.4. The summed E-state index contributed by atoms with van der Waals surface area (Å²) in [5.74, 6) is 3.69. The van der Waals surface area contributed by atoms with Gasteiger partial charge in [-0.25, -0.2) is 0 Å². The van der Waals surface area contributed by atoms with E-state index in [1.54, 1.807) is 73.0 Å². The maximum absolute atomic E-state index is 13.5. The Morgan fingerprint density at radius 3 is 1.36 bits per heavy atom. The number of aryl methyl sites for hydroxylation is 2. The van der Waals surface area contributed by atoms with Gasteiger partial charge in [0, 0.05) is 47.8 Å². The van der Waals surface area contributed by atoms with Crippen molar-refractivity contribution < 1.29 is 47.9 Å². The van der Waals surface area contributed by atoms with Crippen molar-refractivity contribution in [2.45, 2.75) is 66.0 Å². The molecule has 0 aliphatic heterocycles. The van der Waals surface area contributed by atoms with E-state index in [0.717, 1.165) is 57.2 Å². The number of nitrogens with one attached hydrogen (secondary N) is 2. The number of amides is 2. The average molecular weight is 1120 g/mol. The van der Waals surface area contributed by atoms with Gasteiger partial charge in [0.15, 0.2) is 39.0 Å². The third-order valence-corrected chi connectivity index (χ3v) is 15.9. The van der Waals surface area contributed by atoms with Crippen LogP contribution in [0.4, 0.5) is 0 Å². The van der Waals surface area contributed by atoms with Gasteiger partial charge >= 0.3 is 0 Å². The number of aliphatic hydroxyl groups is 1. The molecule has 3 N–H and O–H groups in total. The molecule has 77 heavy (non-hydrogen) atoms. The number of aliphatic hydroxyl groups excluding tert-OH is 1. The maximum atomic E-state index is 13.5. The topological polar surface area (TPSA) is 185 Å². The van der Waals surface area contributed by atoms with Crippen LogP contribution in [0.25, 0.3) is 22.3 Å². The minimum Gasteiger partial charge on any atom is -0.493 e. The number of thioether (sulfide) groups is 3. The molecule has 2 amide bonds. The molecule has 0 aromatic heterocycles. The summed E-state index contributed by atoms with van der Waals surface area (Å²) in [4.78, 5) is 65.7. The molecule has 8 rings (SSSR count). The summed E-state index contributed by atoms with van der Waals surface area (Å²) < 4.78 is 34.2. The molecular weight excluding hydrogens is 1060 g/mol. The largest absolute Gasteiger partial charge is 0.493 e. The Morgan fingerprint density at radius 2 is 0.987 bits per heavy atom. The van der Waals surface area contributed by atoms with Crippen molar-refractivity contribution in [2.75, 3.05) is 62.3 Å². The zero-order valence-corrected chi connectivity index (χ0v) is 48.1. The predicted molar refractivity (Wildman–Crippen MR) is 312 cm³/mol. The van der Waals surface area contributed by atoms with Gasteiger partial charge in [0.25, 0.3) is 11.8 Å². The second-order valence-corrected chi connectivity index (χ2v) is 20.6. The average Bonchev–Trinajstić information content (AvgIpc) is 3.88. The van der Waals surface area contributed by atoms with Crippen LogP contribution >= 0.6 is 47.9 Å². The lowest BCUT2D eigenvalue weighted by Gasteiger charge is -2.20. The Morgan fingerprint density at radius 1 is 0.571 bits per heavy atom. The van der Waals surface area contributed by atoms with E-state index in [2.05, 4.69) is 23.3 Å². The number of thiol groups is 1. The van der Waals surface area contributed by atoms with Crippen LogP contribution in [0, 0.1) is 0 Å². The molecule has 0 radical (unpaired) electrons. The Bertz CT molecular complexity index is 3260. The van der Waals surface area contributed by atoms with Crippen molar-refractivity contribution in [1.82, 2.24) is 10.6 Å². The third-order valence-electron chi connectivity index (χ3n) is 13.1. The van der Waals surface area contributed by atoms with Crippen LogP contribution < -0.4 is 49.9 Å². The maximum Gasteiger partial charge on any atom is 0.251 e. The fraction of sp³-hybridized carbons (Fsp3) is 0.305. The lowest BCUT2D eigenvalue weighted by Crippen LogP contribution is -2.29. The van der Waals surface area contributed by atoms with Crippen molar-refractivity contribution >= 4 is 64.8 Å². The van der Waals surface area contributed by atoms with Crippen LogP contribution in [-0.2, 0) is 29.1 Å². The fourth-order valence-corrected chi connectivity index (χ4v) is 11.2. The van der Waals surface area contributed by atoms with Gasteiger partial charge in [-0.2, -0.15) is 12.6 Å². The molecule has 0 spiro atoms. The van der Waals surface area contributed by atoms with Gasteiger partial charge in [-0.1, -0.05) is 48.2 Å². The highest BCUT2D eigenvalue weighted by molar-refractivity contribution is 8.12. The lowest BCUT2D eigenvalue weighted by atomic mass is 9.95. The number of carbonyl (C=O) groups is 3. The van der Waals surface area contributed by atoms with E-state index >= 15 is 0 Å². The van der Waals surface area contributed by atoms with E-state index in [1.807, 2.05) is 79.2 Å². The van der Waals surface area contributed by atoms with Crippen LogP contribution in [0.2, 0.25) is 0 Å². The number of hydrogen-bond donors (Lipinski definition) is 4. The molecule has 0 saturated carbocycles. The molecule has 0 fully saturated rings. The monoisotopic (exact) mass is 1120 g/mol. The zero-order chi connectivity index (χ0) is 55.9. The van der Waals surface area contributed by atoms with Gasteiger partial charge in [-0.15, -0.1) is 23.5 Å². The van der Waals surface area contributed by atoms with E-state index in [9.17, 15) is 24.0 Å². The first kappa shape index (κ1) is 59.7. The van der Waals surface area contributed by atoms with Gasteiger partial charge < -0.3 is 44.2 Å². The van der Waals surface area contributed by atoms with E-state index in [4.69, 9.17) is 33.5 Å². The van der Waals surface area contributed by atoms with Crippen LogP contribution in [-0.4, -0.2) is 84.3 Å². The van der Waals surface area contributed by atoms with E-state index in [0.29, 0.717) is 98.2 Å². The molecule has 0 heterocycles. The van der Waals surface area contributed by atoms with Crippen LogP contribution in [0.3, 0.4) is 0 Å². The van der Waals surface area contributed by atoms with Crippen molar-refractivity contribution in [3.05, 3.63) is 162 Å². The molecule has 18 heteroatoms. The summed E-state index contributed by atoms with van der Waals surface area (Å²) in [6.45, 7) is 1.52. The number of fused-ring (bicyclic) bond motifs is 6. The quantitative estimate of drug-likeness (QED) is 0.0562. The predicted octanol–water partition coefficient (Wildman–Crippen LogP) is 10.6. The Hall–Kier alpha value is -6.57. The van der Waals surface area contributed by atoms with Crippen LogP contribution in [0.5, 0.6) is 34.5 Å². The van der Waals surface area contributed by atoms with Crippen molar-refractivity contribution in [2.24, 2.45) is 0 Å². The summed E-state index contributed by atoms with van der Waals surface area (Å²) in [7, 11) is 10.5. The molecule has 2 atom stereocenters. The van der Waals surface area contributed by atoms with Crippen molar-refractivity contribution in [1.29, 1.82) is 0 Å². The normalized spacial score (nSPS) is 13.8. The summed E-state index contributed by atoms with van der Waals surface area (Å²) in [6.07, 6.45) is 6.12. The van der Waals surface area contributed by atoms with Crippen LogP contribution in [0.15, 0.2) is 116 Å². The van der Waals surface area contributed by atoms with Gasteiger partial charge in [0.05, 0.1) is 64.5 Å². The number of carbonyl (C=O) groups excluding carboxylic acids is 3. The highest BCUT2D eigenvalue weighted by Gasteiger charge is 2.32. The molecule has 2 aliphatic rings. The molecule has 14 nitrogen and oxygen atoms in total. The molecule has 0 bridgehead atoms. The highest BCUT2D eigenvalue weighted by atomic mass is 32.2. The first-order chi connectivity index (χ1) is 37.2. The number of ether oxygens (including phenoxy) is 6. The summed E-state index contributed by atoms with van der Waals surface area (Å²) in [5, 5.41) is 13.4. The van der Waals surface area contributed by atoms with E-state index in [-0.39, 0.29) is 27.8 Å². The molecule has 2 aliphatic carbocycles. The Labute approximate surface area is 467 Å². The second kappa shape index (κ2) is 28.2. The standard InChI is InChI=1S/C30H31NO6S2.C28H29NO5S2.CH4O/c1-17(32)39-16-18-7-6-8-20(13-18)30(34)31-23-11-9-19-14-25(35-2)28(36-3)29(37-4)27(19)21-10-12-26(38-5)24(33)15-22(21)23;1-32-23-13-17-8-10-21(29-28(31)18-7-5-6-16(12-18)15-35)20-14-22(30)24(36-4)11-9-19(20)25(17)27(34-3)26(23)33-2;1-2/h6-8,10,12-15,23H,9,11,16H2,1-5H3,(H,31,34);5-7,9,11-14,21,35H,8,10,15H2,1-4H3,(H,29,31);2H,1H3/t23-;21-;/m00./s1. The minimum atomic E-state index is -0.438. The van der Waals surface area contributed by atoms with Gasteiger partial charge in [-0.3, -0.25) is 24.0 Å². The molecule has 406 valence electrons. The molecule has 6 aromatic carbocycles. The van der Waals surface area contributed by atoms with Gasteiger partial charge in [-0.05, 0) is 143 Å². The SMILES string of the molecule is CO.COc1cc2c(c(OC)c1OC)-c1ccc(SC)c(=O)cc1[C@@H](NC(=O)c1cccc(CS)c1)CC2.COc1cc2c(c(OC)c1OC)-c1ccc(SC)c(=O)cc1[C@@H](NC(=O)c1cccc(CSC(C)=O)c1)CC2. The van der Waals surface area contributed by atoms with E-state index in [1.165, 1.54) is 42.2 Å². The number of hydrogen-bond acceptors (Lipinski definition) is 16.